The highest BCUT2D eigenvalue weighted by Gasteiger charge is 2.11. The lowest BCUT2D eigenvalue weighted by atomic mass is 10.9. The summed E-state index contributed by atoms with van der Waals surface area (Å²) in [6.07, 6.45) is 0. The zero-order valence-corrected chi connectivity index (χ0v) is 9.71. The molecule has 0 rings (SSSR count). The lowest BCUT2D eigenvalue weighted by Crippen LogP contribution is -2.27. The van der Waals surface area contributed by atoms with Crippen LogP contribution < -0.4 is 0 Å². The van der Waals surface area contributed by atoms with Gasteiger partial charge in [-0.05, 0) is 31.7 Å². The molecule has 0 aliphatic rings. The summed E-state index contributed by atoms with van der Waals surface area (Å²) in [5, 5.41) is 0. The van der Waals surface area contributed by atoms with Gasteiger partial charge in [0.1, 0.15) is 0 Å². The van der Waals surface area contributed by atoms with E-state index in [1.165, 1.54) is 0 Å². The van der Waals surface area contributed by atoms with Crippen LogP contribution in [0.15, 0.2) is 0 Å². The summed E-state index contributed by atoms with van der Waals surface area (Å²) < 4.78 is 15.7. The monoisotopic (exact) mass is 276 g/mol. The fourth-order valence-corrected chi connectivity index (χ4v) is 1.66. The Morgan fingerprint density at radius 3 is 1.00 bits per heavy atom. The maximum Gasteiger partial charge on any atom is 0.484 e. The van der Waals surface area contributed by atoms with E-state index < -0.39 is 9.53 Å². The molecule has 0 aromatic rings. The molecule has 0 heterocycles. The average molecular weight is 276 g/mol. The Morgan fingerprint density at radius 2 is 0.867 bits per heavy atom. The van der Waals surface area contributed by atoms with Crippen LogP contribution in [0.4, 0.5) is 18.8 Å². The molecule has 0 unspecified atom stereocenters. The van der Waals surface area contributed by atoms with Gasteiger partial charge in [-0.2, -0.15) is 0 Å². The Hall–Kier alpha value is 0.0338. The maximum absolute atomic E-state index is 5.22. The summed E-state index contributed by atoms with van der Waals surface area (Å²) in [6.45, 7) is 7.86. The van der Waals surface area contributed by atoms with Gasteiger partial charge in [0.25, 0.3) is 0 Å². The van der Waals surface area contributed by atoms with Crippen LogP contribution in [0, 0.1) is 0 Å². The van der Waals surface area contributed by atoms with E-state index in [0.29, 0.717) is 19.8 Å². The molecule has 9 heteroatoms. The van der Waals surface area contributed by atoms with Gasteiger partial charge in [0.15, 0.2) is 0 Å². The Morgan fingerprint density at radius 1 is 0.667 bits per heavy atom. The highest BCUT2D eigenvalue weighted by Crippen LogP contribution is 1.90. The molecular formula is C6H24F4O3Si2. The van der Waals surface area contributed by atoms with Gasteiger partial charge >= 0.3 is 9.53 Å². The fourth-order valence-electron chi connectivity index (χ4n) is 0.553. The van der Waals surface area contributed by atoms with Gasteiger partial charge in [-0.25, -0.2) is 0 Å². The van der Waals surface area contributed by atoms with Gasteiger partial charge in [0.2, 0.25) is 0 Å². The third-order valence-corrected chi connectivity index (χ3v) is 2.72. The standard InChI is InChI=1S/C6H16O3Si.4FH.H4Si/c1-4-7-10(8-5-2)9-6-3;;;;;/h10H,4-6H2,1-3H3;4*1H;1H4. The molecule has 102 valence electrons. The molecule has 0 saturated heterocycles. The van der Waals surface area contributed by atoms with E-state index in [9.17, 15) is 0 Å². The van der Waals surface area contributed by atoms with Crippen LogP contribution >= 0.6 is 0 Å². The molecule has 0 aromatic heterocycles. The Balaban J connectivity index is -0.0000000405. The molecular weight excluding hydrogens is 252 g/mol. The van der Waals surface area contributed by atoms with Crippen molar-refractivity contribution in [3.8, 4) is 0 Å². The quantitative estimate of drug-likeness (QED) is 0.504. The van der Waals surface area contributed by atoms with Crippen LogP contribution in [0.2, 0.25) is 0 Å². The predicted octanol–water partition coefficient (Wildman–Crippen LogP) is -0.0285. The smallest absolute Gasteiger partial charge is 0.376 e. The molecule has 0 aromatic carbocycles. The SMILES string of the molecule is CCO[SiH](OCC)OCC.F.F.F.F.[SiH4]. The molecule has 0 aliphatic carbocycles. The highest BCUT2D eigenvalue weighted by atomic mass is 28.3. The van der Waals surface area contributed by atoms with E-state index >= 15 is 0 Å². The summed E-state index contributed by atoms with van der Waals surface area (Å²) in [4.78, 5) is 0. The summed E-state index contributed by atoms with van der Waals surface area (Å²) in [7, 11) is -1.73. The molecule has 0 amide bonds. The van der Waals surface area contributed by atoms with Gasteiger partial charge in [-0.15, -0.1) is 0 Å². The minimum absolute atomic E-state index is 0. The summed E-state index contributed by atoms with van der Waals surface area (Å²) >= 11 is 0. The Kier molecular flexibility index (Phi) is 70.7. The van der Waals surface area contributed by atoms with E-state index in [1.54, 1.807) is 0 Å². The Bertz CT molecular complexity index is 71.1. The third-order valence-electron chi connectivity index (χ3n) is 0.908. The molecule has 0 atom stereocenters. The van der Waals surface area contributed by atoms with Crippen molar-refractivity contribution in [2.24, 2.45) is 0 Å². The minimum Gasteiger partial charge on any atom is -0.376 e. The number of hydrogen-bond acceptors (Lipinski definition) is 3. The average Bonchev–Trinajstić information content (AvgIpc) is 1.90. The summed E-state index contributed by atoms with van der Waals surface area (Å²) in [5.74, 6) is 0. The molecule has 0 fully saturated rings. The second-order valence-electron chi connectivity index (χ2n) is 1.65. The molecule has 0 N–H and O–H groups in total. The number of hydrogen-bond donors (Lipinski definition) is 0. The van der Waals surface area contributed by atoms with Crippen LogP contribution in [-0.4, -0.2) is 40.3 Å². The second kappa shape index (κ2) is 29.2. The molecule has 0 aliphatic heterocycles. The van der Waals surface area contributed by atoms with E-state index in [0.717, 1.165) is 0 Å². The topological polar surface area (TPSA) is 27.7 Å². The van der Waals surface area contributed by atoms with Crippen LogP contribution in [-0.2, 0) is 13.3 Å². The first kappa shape index (κ1) is 36.3. The Labute approximate surface area is 93.9 Å². The van der Waals surface area contributed by atoms with Gasteiger partial charge in [0.05, 0.1) is 0 Å². The van der Waals surface area contributed by atoms with Crippen LogP contribution in [0.1, 0.15) is 20.8 Å². The van der Waals surface area contributed by atoms with Crippen molar-refractivity contribution in [1.82, 2.24) is 0 Å². The van der Waals surface area contributed by atoms with Crippen molar-refractivity contribution < 1.29 is 32.1 Å². The third kappa shape index (κ3) is 24.9. The first-order valence-electron chi connectivity index (χ1n) is 3.69. The first-order chi connectivity index (χ1) is 4.85. The number of rotatable bonds is 6. The number of halogens is 4. The minimum atomic E-state index is -1.73. The van der Waals surface area contributed by atoms with E-state index in [2.05, 4.69) is 0 Å². The molecule has 3 nitrogen and oxygen atoms in total. The normalized spacial score (nSPS) is 7.20. The lowest BCUT2D eigenvalue weighted by Gasteiger charge is -2.12. The fraction of sp³-hybridized carbons (Fsp3) is 1.00. The van der Waals surface area contributed by atoms with Crippen molar-refractivity contribution >= 4 is 20.5 Å². The van der Waals surface area contributed by atoms with Crippen molar-refractivity contribution in [2.45, 2.75) is 20.8 Å². The zero-order valence-electron chi connectivity index (χ0n) is 8.56. The largest absolute Gasteiger partial charge is 0.484 e. The molecule has 0 saturated carbocycles. The van der Waals surface area contributed by atoms with Crippen molar-refractivity contribution in [2.75, 3.05) is 19.8 Å². The van der Waals surface area contributed by atoms with Crippen LogP contribution in [0.5, 0.6) is 0 Å². The summed E-state index contributed by atoms with van der Waals surface area (Å²) in [5.41, 5.74) is 0. The summed E-state index contributed by atoms with van der Waals surface area (Å²) in [6, 6.07) is 0. The molecule has 0 bridgehead atoms. The van der Waals surface area contributed by atoms with E-state index in [-0.39, 0.29) is 29.8 Å². The van der Waals surface area contributed by atoms with E-state index in [1.807, 2.05) is 20.8 Å². The maximum atomic E-state index is 5.22. The molecule has 0 radical (unpaired) electrons. The van der Waals surface area contributed by atoms with Gasteiger partial charge in [-0.3, -0.25) is 18.8 Å². The molecule has 0 spiro atoms. The predicted molar refractivity (Wildman–Crippen MR) is 63.4 cm³/mol. The van der Waals surface area contributed by atoms with Crippen molar-refractivity contribution in [1.29, 1.82) is 0 Å². The molecule has 15 heavy (non-hydrogen) atoms. The first-order valence-corrected chi connectivity index (χ1v) is 5.11. The van der Waals surface area contributed by atoms with Crippen molar-refractivity contribution in [3.05, 3.63) is 0 Å². The van der Waals surface area contributed by atoms with Crippen LogP contribution in [0.3, 0.4) is 0 Å². The second-order valence-corrected chi connectivity index (χ2v) is 3.23. The van der Waals surface area contributed by atoms with Gasteiger partial charge in [0, 0.05) is 19.8 Å². The van der Waals surface area contributed by atoms with Crippen LogP contribution in [0.25, 0.3) is 0 Å². The van der Waals surface area contributed by atoms with Gasteiger partial charge < -0.3 is 13.3 Å². The van der Waals surface area contributed by atoms with Gasteiger partial charge in [-0.1, -0.05) is 0 Å². The lowest BCUT2D eigenvalue weighted by molar-refractivity contribution is 0.107. The zero-order chi connectivity index (χ0) is 7.82. The van der Waals surface area contributed by atoms with E-state index in [4.69, 9.17) is 13.3 Å². The highest BCUT2D eigenvalue weighted by molar-refractivity contribution is 6.36. The van der Waals surface area contributed by atoms with Crippen molar-refractivity contribution in [3.63, 3.8) is 0 Å².